The lowest BCUT2D eigenvalue weighted by atomic mass is 9.81. The van der Waals surface area contributed by atoms with E-state index in [9.17, 15) is 4.79 Å². The van der Waals surface area contributed by atoms with Gasteiger partial charge in [0, 0.05) is 5.92 Å². The van der Waals surface area contributed by atoms with Crippen molar-refractivity contribution in [2.45, 2.75) is 33.7 Å². The van der Waals surface area contributed by atoms with Gasteiger partial charge in [0.25, 0.3) is 0 Å². The van der Waals surface area contributed by atoms with E-state index in [-0.39, 0.29) is 23.3 Å². The van der Waals surface area contributed by atoms with Crippen LogP contribution in [0.3, 0.4) is 0 Å². The van der Waals surface area contributed by atoms with E-state index < -0.39 is 0 Å². The largest absolute Gasteiger partial charge is 0.377 e. The molecule has 1 heterocycles. The summed E-state index contributed by atoms with van der Waals surface area (Å²) in [5.74, 6) is 0.189. The topological polar surface area (TPSA) is 38.3 Å². The normalized spacial score (nSPS) is 20.6. The van der Waals surface area contributed by atoms with Crippen molar-refractivity contribution in [3.05, 3.63) is 0 Å². The van der Waals surface area contributed by atoms with Crippen LogP contribution in [-0.4, -0.2) is 25.2 Å². The summed E-state index contributed by atoms with van der Waals surface area (Å²) >= 11 is 0. The van der Waals surface area contributed by atoms with Gasteiger partial charge in [-0.1, -0.05) is 27.7 Å². The Morgan fingerprint density at radius 1 is 1.46 bits per heavy atom. The first-order valence-electron chi connectivity index (χ1n) is 4.79. The number of nitrogens with one attached hydrogen (secondary N) is 1. The summed E-state index contributed by atoms with van der Waals surface area (Å²) in [4.78, 5) is 11.6. The molecule has 0 aromatic heterocycles. The van der Waals surface area contributed by atoms with E-state index >= 15 is 0 Å². The average molecular weight is 185 g/mol. The summed E-state index contributed by atoms with van der Waals surface area (Å²) in [6, 6.07) is 0.247. The van der Waals surface area contributed by atoms with Crippen molar-refractivity contribution in [2.24, 2.45) is 11.3 Å². The molecule has 0 bridgehead atoms. The van der Waals surface area contributed by atoms with Gasteiger partial charge in [-0.25, -0.2) is 0 Å². The van der Waals surface area contributed by atoms with Gasteiger partial charge in [-0.05, 0) is 5.41 Å². The van der Waals surface area contributed by atoms with Crippen LogP contribution in [0, 0.1) is 11.3 Å². The molecule has 1 amide bonds. The van der Waals surface area contributed by atoms with Crippen LogP contribution in [0.4, 0.5) is 0 Å². The maximum atomic E-state index is 11.6. The molecule has 0 unspecified atom stereocenters. The van der Waals surface area contributed by atoms with Gasteiger partial charge in [0.15, 0.2) is 0 Å². The van der Waals surface area contributed by atoms with Gasteiger partial charge in [-0.2, -0.15) is 0 Å². The van der Waals surface area contributed by atoms with Gasteiger partial charge < -0.3 is 10.1 Å². The first-order chi connectivity index (χ1) is 5.91. The molecule has 0 aromatic carbocycles. The van der Waals surface area contributed by atoms with Gasteiger partial charge in [0.05, 0.1) is 19.3 Å². The molecule has 1 rings (SSSR count). The fourth-order valence-electron chi connectivity index (χ4n) is 1.04. The van der Waals surface area contributed by atoms with Crippen LogP contribution in [0.1, 0.15) is 27.7 Å². The fourth-order valence-corrected chi connectivity index (χ4v) is 1.04. The quantitative estimate of drug-likeness (QED) is 0.701. The first-order valence-corrected chi connectivity index (χ1v) is 4.79. The molecule has 1 saturated heterocycles. The lowest BCUT2D eigenvalue weighted by molar-refractivity contribution is -0.131. The maximum Gasteiger partial charge on any atom is 0.223 e. The Labute approximate surface area is 79.8 Å². The fraction of sp³-hybridized carbons (Fsp3) is 0.900. The third kappa shape index (κ3) is 2.69. The maximum absolute atomic E-state index is 11.6. The Morgan fingerprint density at radius 2 is 2.00 bits per heavy atom. The third-order valence-corrected chi connectivity index (χ3v) is 2.68. The lowest BCUT2D eigenvalue weighted by Gasteiger charge is -2.31. The Hall–Kier alpha value is -0.570. The highest BCUT2D eigenvalue weighted by molar-refractivity contribution is 5.79. The van der Waals surface area contributed by atoms with Crippen LogP contribution in [0.15, 0.2) is 0 Å². The molecule has 3 nitrogen and oxygen atoms in total. The summed E-state index contributed by atoms with van der Waals surface area (Å²) < 4.78 is 4.99. The zero-order valence-corrected chi connectivity index (χ0v) is 8.89. The number of rotatable bonds is 2. The molecule has 0 aliphatic carbocycles. The van der Waals surface area contributed by atoms with Crippen molar-refractivity contribution in [3.8, 4) is 0 Å². The van der Waals surface area contributed by atoms with E-state index in [0.29, 0.717) is 13.2 Å². The molecule has 1 atom stereocenters. The Kier molecular flexibility index (Phi) is 2.96. The average Bonchev–Trinajstić information content (AvgIpc) is 1.93. The van der Waals surface area contributed by atoms with Gasteiger partial charge >= 0.3 is 0 Å². The summed E-state index contributed by atoms with van der Waals surface area (Å²) in [6.07, 6.45) is 0. The Morgan fingerprint density at radius 3 is 2.31 bits per heavy atom. The van der Waals surface area contributed by atoms with Crippen molar-refractivity contribution >= 4 is 5.91 Å². The zero-order valence-electron chi connectivity index (χ0n) is 8.89. The predicted octanol–water partition coefficient (Wildman–Crippen LogP) is 1.18. The van der Waals surface area contributed by atoms with Crippen LogP contribution >= 0.6 is 0 Å². The Bertz CT molecular complexity index is 192. The highest BCUT2D eigenvalue weighted by atomic mass is 16.5. The van der Waals surface area contributed by atoms with Gasteiger partial charge in [0.2, 0.25) is 5.91 Å². The van der Waals surface area contributed by atoms with Crippen LogP contribution < -0.4 is 5.32 Å². The molecule has 0 spiro atoms. The molecule has 13 heavy (non-hydrogen) atoms. The molecule has 1 N–H and O–H groups in total. The number of hydrogen-bond acceptors (Lipinski definition) is 2. The number of amides is 1. The second-order valence-corrected chi connectivity index (χ2v) is 4.83. The number of carbonyl (C=O) groups excluding carboxylic acids is 1. The molecule has 0 saturated carbocycles. The molecule has 1 fully saturated rings. The standard InChI is InChI=1S/C10H19NO2/c1-7(10(2,3)4)9(12)11-8-5-13-6-8/h7-8H,5-6H2,1-4H3,(H,11,12)/t7-/m0/s1. The third-order valence-electron chi connectivity index (χ3n) is 2.68. The second-order valence-electron chi connectivity index (χ2n) is 4.83. The highest BCUT2D eigenvalue weighted by Gasteiger charge is 2.29. The van der Waals surface area contributed by atoms with E-state index in [1.165, 1.54) is 0 Å². The molecule has 0 aromatic rings. The minimum absolute atomic E-state index is 0.0364. The molecule has 76 valence electrons. The monoisotopic (exact) mass is 185 g/mol. The highest BCUT2D eigenvalue weighted by Crippen LogP contribution is 2.25. The SMILES string of the molecule is C[C@@H](C(=O)NC1COC1)C(C)(C)C. The van der Waals surface area contributed by atoms with Crippen molar-refractivity contribution in [1.29, 1.82) is 0 Å². The summed E-state index contributed by atoms with van der Waals surface area (Å²) in [5, 5.41) is 2.96. The van der Waals surface area contributed by atoms with E-state index in [2.05, 4.69) is 26.1 Å². The van der Waals surface area contributed by atoms with E-state index in [1.54, 1.807) is 0 Å². The molecule has 1 aliphatic heterocycles. The minimum atomic E-state index is 0.0364. The molecule has 0 radical (unpaired) electrons. The van der Waals surface area contributed by atoms with E-state index in [1.807, 2.05) is 6.92 Å². The molecular weight excluding hydrogens is 166 g/mol. The first kappa shape index (κ1) is 10.5. The smallest absolute Gasteiger partial charge is 0.223 e. The predicted molar refractivity (Wildman–Crippen MR) is 51.4 cm³/mol. The van der Waals surface area contributed by atoms with Crippen molar-refractivity contribution in [3.63, 3.8) is 0 Å². The van der Waals surface area contributed by atoms with Crippen molar-refractivity contribution in [1.82, 2.24) is 5.32 Å². The lowest BCUT2D eigenvalue weighted by Crippen LogP contribution is -2.51. The summed E-state index contributed by atoms with van der Waals surface area (Å²) in [7, 11) is 0. The van der Waals surface area contributed by atoms with Crippen LogP contribution in [0.5, 0.6) is 0 Å². The van der Waals surface area contributed by atoms with E-state index in [0.717, 1.165) is 0 Å². The van der Waals surface area contributed by atoms with Gasteiger partial charge in [0.1, 0.15) is 0 Å². The minimum Gasteiger partial charge on any atom is -0.377 e. The van der Waals surface area contributed by atoms with Gasteiger partial charge in [-0.15, -0.1) is 0 Å². The van der Waals surface area contributed by atoms with Crippen LogP contribution in [0.2, 0.25) is 0 Å². The molecular formula is C10H19NO2. The van der Waals surface area contributed by atoms with E-state index in [4.69, 9.17) is 4.74 Å². The van der Waals surface area contributed by atoms with Crippen LogP contribution in [-0.2, 0) is 9.53 Å². The molecule has 3 heteroatoms. The van der Waals surface area contributed by atoms with Crippen molar-refractivity contribution < 1.29 is 9.53 Å². The van der Waals surface area contributed by atoms with Gasteiger partial charge in [-0.3, -0.25) is 4.79 Å². The second kappa shape index (κ2) is 3.66. The molecule has 1 aliphatic rings. The van der Waals surface area contributed by atoms with Crippen LogP contribution in [0.25, 0.3) is 0 Å². The number of carbonyl (C=O) groups is 1. The summed E-state index contributed by atoms with van der Waals surface area (Å²) in [6.45, 7) is 9.54. The number of ether oxygens (including phenoxy) is 1. The number of hydrogen-bond donors (Lipinski definition) is 1. The Balaban J connectivity index is 2.37. The summed E-state index contributed by atoms with van der Waals surface area (Å²) in [5.41, 5.74) is 0.0364. The van der Waals surface area contributed by atoms with Crippen molar-refractivity contribution in [2.75, 3.05) is 13.2 Å². The zero-order chi connectivity index (χ0) is 10.1.